The normalized spacial score (nSPS) is 12.7. The molecule has 0 fully saturated rings. The molecule has 0 aromatic carbocycles. The predicted octanol–water partition coefficient (Wildman–Crippen LogP) is 3.07. The van der Waals surface area contributed by atoms with Gasteiger partial charge in [-0.05, 0) is 26.3 Å². The summed E-state index contributed by atoms with van der Waals surface area (Å²) in [5, 5.41) is 6.74. The summed E-state index contributed by atoms with van der Waals surface area (Å²) in [5.41, 5.74) is 1.15. The van der Waals surface area contributed by atoms with Crippen LogP contribution in [0.2, 0.25) is 0 Å². The molecule has 1 aromatic heterocycles. The first kappa shape index (κ1) is 11.4. The lowest BCUT2D eigenvalue weighted by Gasteiger charge is -2.13. The molecule has 0 aliphatic carbocycles. The van der Waals surface area contributed by atoms with Gasteiger partial charge in [0.2, 0.25) is 0 Å². The molecule has 3 heteroatoms. The number of rotatable bonds is 6. The van der Waals surface area contributed by atoms with Crippen LogP contribution < -0.4 is 5.32 Å². The van der Waals surface area contributed by atoms with Crippen LogP contribution in [-0.4, -0.2) is 11.5 Å². The summed E-state index contributed by atoms with van der Waals surface area (Å²) < 4.78 is 0. The van der Waals surface area contributed by atoms with Gasteiger partial charge in [0.15, 0.2) is 0 Å². The van der Waals surface area contributed by atoms with E-state index in [9.17, 15) is 0 Å². The molecule has 0 aliphatic heterocycles. The summed E-state index contributed by atoms with van der Waals surface area (Å²) in [5.74, 6) is 0. The Morgan fingerprint density at radius 3 is 3.00 bits per heavy atom. The SMILES string of the molecule is C=CCC(NCCC)c1csc(C)n1. The molecule has 1 unspecified atom stereocenters. The predicted molar refractivity (Wildman–Crippen MR) is 62.7 cm³/mol. The van der Waals surface area contributed by atoms with E-state index < -0.39 is 0 Å². The molecule has 0 aliphatic rings. The minimum Gasteiger partial charge on any atom is -0.308 e. The Kier molecular flexibility index (Phi) is 4.84. The van der Waals surface area contributed by atoms with E-state index in [1.165, 1.54) is 0 Å². The van der Waals surface area contributed by atoms with Crippen molar-refractivity contribution < 1.29 is 0 Å². The van der Waals surface area contributed by atoms with Crippen molar-refractivity contribution in [1.82, 2.24) is 10.3 Å². The average Bonchev–Trinajstić information content (AvgIpc) is 2.59. The van der Waals surface area contributed by atoms with Crippen LogP contribution in [-0.2, 0) is 0 Å². The van der Waals surface area contributed by atoms with Crippen LogP contribution >= 0.6 is 11.3 Å². The maximum Gasteiger partial charge on any atom is 0.0898 e. The van der Waals surface area contributed by atoms with E-state index in [-0.39, 0.29) is 0 Å². The standard InChI is InChI=1S/C11H18N2S/c1-4-6-10(12-7-5-2)11-8-14-9(3)13-11/h4,8,10,12H,1,5-7H2,2-3H3. The summed E-state index contributed by atoms with van der Waals surface area (Å²) in [6.45, 7) is 9.02. The minimum absolute atomic E-state index is 0.345. The molecule has 0 radical (unpaired) electrons. The fraction of sp³-hybridized carbons (Fsp3) is 0.545. The molecule has 2 nitrogen and oxygen atoms in total. The quantitative estimate of drug-likeness (QED) is 0.730. The van der Waals surface area contributed by atoms with Crippen molar-refractivity contribution in [2.45, 2.75) is 32.7 Å². The first-order valence-electron chi connectivity index (χ1n) is 5.04. The smallest absolute Gasteiger partial charge is 0.0898 e. The van der Waals surface area contributed by atoms with Crippen LogP contribution in [0.25, 0.3) is 0 Å². The van der Waals surface area contributed by atoms with Crippen molar-refractivity contribution in [2.75, 3.05) is 6.54 Å². The van der Waals surface area contributed by atoms with Crippen LogP contribution in [0.3, 0.4) is 0 Å². The molecular weight excluding hydrogens is 192 g/mol. The Balaban J connectivity index is 2.61. The molecule has 1 N–H and O–H groups in total. The molecule has 0 saturated heterocycles. The van der Waals surface area contributed by atoms with Gasteiger partial charge < -0.3 is 5.32 Å². The number of thiazole rings is 1. The fourth-order valence-corrected chi connectivity index (χ4v) is 2.00. The van der Waals surface area contributed by atoms with Crippen molar-refractivity contribution in [3.63, 3.8) is 0 Å². The van der Waals surface area contributed by atoms with Gasteiger partial charge in [0, 0.05) is 5.38 Å². The largest absolute Gasteiger partial charge is 0.308 e. The number of nitrogens with zero attached hydrogens (tertiary/aromatic N) is 1. The van der Waals surface area contributed by atoms with Crippen molar-refractivity contribution >= 4 is 11.3 Å². The Morgan fingerprint density at radius 1 is 1.71 bits per heavy atom. The molecule has 0 saturated carbocycles. The van der Waals surface area contributed by atoms with Gasteiger partial charge in [0.1, 0.15) is 0 Å². The van der Waals surface area contributed by atoms with Crippen LogP contribution in [0.1, 0.15) is 36.5 Å². The number of hydrogen-bond donors (Lipinski definition) is 1. The van der Waals surface area contributed by atoms with Crippen LogP contribution in [0.5, 0.6) is 0 Å². The maximum atomic E-state index is 4.49. The van der Waals surface area contributed by atoms with Gasteiger partial charge in [-0.2, -0.15) is 0 Å². The van der Waals surface area contributed by atoms with E-state index in [1.807, 2.05) is 13.0 Å². The Bertz CT molecular complexity index is 281. The van der Waals surface area contributed by atoms with Gasteiger partial charge in [-0.3, -0.25) is 0 Å². The zero-order valence-corrected chi connectivity index (χ0v) is 9.73. The zero-order valence-electron chi connectivity index (χ0n) is 8.92. The lowest BCUT2D eigenvalue weighted by molar-refractivity contribution is 0.527. The van der Waals surface area contributed by atoms with E-state index in [0.717, 1.165) is 30.1 Å². The Labute approximate surface area is 90.1 Å². The lowest BCUT2D eigenvalue weighted by Crippen LogP contribution is -2.21. The van der Waals surface area contributed by atoms with Crippen molar-refractivity contribution in [3.8, 4) is 0 Å². The monoisotopic (exact) mass is 210 g/mol. The summed E-state index contributed by atoms with van der Waals surface area (Å²) in [4.78, 5) is 4.49. The Hall–Kier alpha value is -0.670. The van der Waals surface area contributed by atoms with Gasteiger partial charge >= 0.3 is 0 Å². The first-order chi connectivity index (χ1) is 6.77. The highest BCUT2D eigenvalue weighted by Crippen LogP contribution is 2.19. The summed E-state index contributed by atoms with van der Waals surface area (Å²) in [6.07, 6.45) is 4.04. The topological polar surface area (TPSA) is 24.9 Å². The summed E-state index contributed by atoms with van der Waals surface area (Å²) >= 11 is 1.71. The van der Waals surface area contributed by atoms with Gasteiger partial charge in [0.25, 0.3) is 0 Å². The maximum absolute atomic E-state index is 4.49. The number of hydrogen-bond acceptors (Lipinski definition) is 3. The highest BCUT2D eigenvalue weighted by atomic mass is 32.1. The molecule has 14 heavy (non-hydrogen) atoms. The number of nitrogens with one attached hydrogen (secondary N) is 1. The summed E-state index contributed by atoms with van der Waals surface area (Å²) in [6, 6.07) is 0.345. The molecule has 0 bridgehead atoms. The summed E-state index contributed by atoms with van der Waals surface area (Å²) in [7, 11) is 0. The Morgan fingerprint density at radius 2 is 2.50 bits per heavy atom. The van der Waals surface area contributed by atoms with E-state index >= 15 is 0 Å². The molecule has 78 valence electrons. The van der Waals surface area contributed by atoms with Gasteiger partial charge in [-0.15, -0.1) is 17.9 Å². The molecule has 0 amide bonds. The molecule has 1 rings (SSSR count). The molecular formula is C11H18N2S. The first-order valence-corrected chi connectivity index (χ1v) is 5.92. The van der Waals surface area contributed by atoms with Crippen LogP contribution in [0.4, 0.5) is 0 Å². The third-order valence-electron chi connectivity index (χ3n) is 2.04. The van der Waals surface area contributed by atoms with E-state index in [4.69, 9.17) is 0 Å². The third-order valence-corrected chi connectivity index (χ3v) is 2.83. The van der Waals surface area contributed by atoms with Gasteiger partial charge in [0.05, 0.1) is 16.7 Å². The van der Waals surface area contributed by atoms with Crippen LogP contribution in [0, 0.1) is 6.92 Å². The third kappa shape index (κ3) is 3.24. The lowest BCUT2D eigenvalue weighted by atomic mass is 10.1. The second-order valence-electron chi connectivity index (χ2n) is 3.32. The van der Waals surface area contributed by atoms with Gasteiger partial charge in [-0.25, -0.2) is 4.98 Å². The zero-order chi connectivity index (χ0) is 10.4. The van der Waals surface area contributed by atoms with Crippen molar-refractivity contribution in [1.29, 1.82) is 0 Å². The van der Waals surface area contributed by atoms with Crippen molar-refractivity contribution in [2.24, 2.45) is 0 Å². The highest BCUT2D eigenvalue weighted by Gasteiger charge is 2.11. The van der Waals surface area contributed by atoms with E-state index in [1.54, 1.807) is 11.3 Å². The van der Waals surface area contributed by atoms with Gasteiger partial charge in [-0.1, -0.05) is 13.0 Å². The van der Waals surface area contributed by atoms with Crippen molar-refractivity contribution in [3.05, 3.63) is 28.7 Å². The molecule has 0 spiro atoms. The van der Waals surface area contributed by atoms with E-state index in [0.29, 0.717) is 6.04 Å². The van der Waals surface area contributed by atoms with E-state index in [2.05, 4.69) is 29.2 Å². The molecule has 1 heterocycles. The van der Waals surface area contributed by atoms with Crippen LogP contribution in [0.15, 0.2) is 18.0 Å². The highest BCUT2D eigenvalue weighted by molar-refractivity contribution is 7.09. The number of aryl methyl sites for hydroxylation is 1. The average molecular weight is 210 g/mol. The molecule has 1 atom stereocenters. The second-order valence-corrected chi connectivity index (χ2v) is 4.38. The fourth-order valence-electron chi connectivity index (χ4n) is 1.33. The minimum atomic E-state index is 0.345. The number of aromatic nitrogens is 1. The second kappa shape index (κ2) is 5.94. The molecule has 1 aromatic rings.